The van der Waals surface area contributed by atoms with Gasteiger partial charge in [0.2, 0.25) is 0 Å². The standard InChI is InChI=1S/C17H17BrN4O2/c1-8-13-14(9-4-5-12(22(2)3)10(18)6-9)15-11(7-24-17(15)23)19-16(13)21-20-8/h4-6,14H,7H2,1-3H3,(H2,19,20,21)/t14-/m1/s1. The van der Waals surface area contributed by atoms with Gasteiger partial charge in [-0.15, -0.1) is 0 Å². The van der Waals surface area contributed by atoms with Crippen molar-refractivity contribution >= 4 is 33.4 Å². The molecule has 2 aliphatic heterocycles. The van der Waals surface area contributed by atoms with Gasteiger partial charge in [0.15, 0.2) is 5.82 Å². The van der Waals surface area contributed by atoms with E-state index in [9.17, 15) is 4.79 Å². The van der Waals surface area contributed by atoms with Crippen molar-refractivity contribution in [2.45, 2.75) is 12.8 Å². The molecule has 6 nitrogen and oxygen atoms in total. The van der Waals surface area contributed by atoms with Gasteiger partial charge >= 0.3 is 5.97 Å². The Labute approximate surface area is 148 Å². The van der Waals surface area contributed by atoms with Crippen molar-refractivity contribution in [3.05, 3.63) is 50.8 Å². The van der Waals surface area contributed by atoms with Gasteiger partial charge in [-0.1, -0.05) is 6.07 Å². The summed E-state index contributed by atoms with van der Waals surface area (Å²) in [5.74, 6) is 0.321. The Kier molecular flexibility index (Phi) is 3.42. The lowest BCUT2D eigenvalue weighted by Gasteiger charge is -2.25. The number of carbonyl (C=O) groups excluding carboxylic acids is 1. The molecule has 0 aliphatic carbocycles. The molecule has 0 unspecified atom stereocenters. The molecule has 4 rings (SSSR count). The van der Waals surface area contributed by atoms with Gasteiger partial charge in [0.1, 0.15) is 6.61 Å². The molecule has 24 heavy (non-hydrogen) atoms. The monoisotopic (exact) mass is 388 g/mol. The van der Waals surface area contributed by atoms with Crippen molar-refractivity contribution in [3.8, 4) is 0 Å². The van der Waals surface area contributed by atoms with E-state index in [0.29, 0.717) is 5.57 Å². The Morgan fingerprint density at radius 1 is 1.38 bits per heavy atom. The van der Waals surface area contributed by atoms with Gasteiger partial charge < -0.3 is 15.0 Å². The Hall–Kier alpha value is -2.28. The summed E-state index contributed by atoms with van der Waals surface area (Å²) in [7, 11) is 4.00. The summed E-state index contributed by atoms with van der Waals surface area (Å²) in [6, 6.07) is 6.18. The van der Waals surface area contributed by atoms with Crippen molar-refractivity contribution in [3.63, 3.8) is 0 Å². The first-order valence-electron chi connectivity index (χ1n) is 7.66. The second kappa shape index (κ2) is 5.37. The van der Waals surface area contributed by atoms with Crippen LogP contribution in [0.4, 0.5) is 11.5 Å². The minimum absolute atomic E-state index is 0.183. The summed E-state index contributed by atoms with van der Waals surface area (Å²) in [5.41, 5.74) is 5.54. The third kappa shape index (κ3) is 2.15. The van der Waals surface area contributed by atoms with Crippen LogP contribution < -0.4 is 10.2 Å². The van der Waals surface area contributed by atoms with E-state index in [-0.39, 0.29) is 18.5 Å². The Morgan fingerprint density at radius 3 is 2.88 bits per heavy atom. The molecule has 124 valence electrons. The summed E-state index contributed by atoms with van der Waals surface area (Å²) in [5, 5.41) is 10.6. The van der Waals surface area contributed by atoms with E-state index < -0.39 is 0 Å². The molecule has 3 heterocycles. The average molecular weight is 389 g/mol. The summed E-state index contributed by atoms with van der Waals surface area (Å²) in [4.78, 5) is 14.4. The predicted molar refractivity (Wildman–Crippen MR) is 95.2 cm³/mol. The van der Waals surface area contributed by atoms with Gasteiger partial charge in [-0.05, 0) is 40.5 Å². The number of H-pyrrole nitrogens is 1. The van der Waals surface area contributed by atoms with Gasteiger partial charge in [0.05, 0.1) is 17.0 Å². The number of nitrogens with zero attached hydrogens (tertiary/aromatic N) is 2. The van der Waals surface area contributed by atoms with Crippen molar-refractivity contribution in [2.75, 3.05) is 30.9 Å². The zero-order valence-electron chi connectivity index (χ0n) is 13.6. The van der Waals surface area contributed by atoms with Crippen LogP contribution in [0.25, 0.3) is 0 Å². The second-order valence-electron chi connectivity index (χ2n) is 6.24. The second-order valence-corrected chi connectivity index (χ2v) is 7.10. The number of carbonyl (C=O) groups is 1. The number of benzene rings is 1. The van der Waals surface area contributed by atoms with Crippen LogP contribution in [0.1, 0.15) is 22.7 Å². The van der Waals surface area contributed by atoms with E-state index in [4.69, 9.17) is 4.74 Å². The number of aromatic nitrogens is 2. The number of fused-ring (bicyclic) bond motifs is 1. The van der Waals surface area contributed by atoms with Gasteiger partial charge in [0, 0.05) is 35.7 Å². The van der Waals surface area contributed by atoms with Crippen molar-refractivity contribution < 1.29 is 9.53 Å². The molecule has 0 amide bonds. The minimum atomic E-state index is -0.262. The lowest BCUT2D eigenvalue weighted by atomic mass is 9.82. The van der Waals surface area contributed by atoms with Crippen molar-refractivity contribution in [2.24, 2.45) is 0 Å². The molecule has 0 spiro atoms. The van der Waals surface area contributed by atoms with Crippen LogP contribution in [0.2, 0.25) is 0 Å². The summed E-state index contributed by atoms with van der Waals surface area (Å²) in [6.45, 7) is 2.24. The molecule has 0 saturated carbocycles. The Balaban J connectivity index is 1.90. The van der Waals surface area contributed by atoms with Crippen LogP contribution in [-0.4, -0.2) is 36.9 Å². The smallest absolute Gasteiger partial charge is 0.337 e. The lowest BCUT2D eigenvalue weighted by Crippen LogP contribution is -2.20. The van der Waals surface area contributed by atoms with Gasteiger partial charge in [0.25, 0.3) is 0 Å². The van der Waals surface area contributed by atoms with Crippen molar-refractivity contribution in [1.29, 1.82) is 0 Å². The summed E-state index contributed by atoms with van der Waals surface area (Å²) in [6.07, 6.45) is 0. The molecule has 0 radical (unpaired) electrons. The predicted octanol–water partition coefficient (Wildman–Crippen LogP) is 2.91. The first-order valence-corrected chi connectivity index (χ1v) is 8.45. The number of rotatable bonds is 2. The molecule has 1 aromatic heterocycles. The van der Waals surface area contributed by atoms with Crippen LogP contribution >= 0.6 is 15.9 Å². The molecule has 2 N–H and O–H groups in total. The highest BCUT2D eigenvalue weighted by atomic mass is 79.9. The van der Waals surface area contributed by atoms with Crippen LogP contribution in [0.15, 0.2) is 33.9 Å². The van der Waals surface area contributed by atoms with E-state index in [1.54, 1.807) is 0 Å². The number of aromatic amines is 1. The lowest BCUT2D eigenvalue weighted by molar-refractivity contribution is -0.136. The van der Waals surface area contributed by atoms with Gasteiger partial charge in [-0.2, -0.15) is 5.10 Å². The largest absolute Gasteiger partial charge is 0.456 e. The van der Waals surface area contributed by atoms with Crippen LogP contribution in [-0.2, 0) is 9.53 Å². The topological polar surface area (TPSA) is 70.2 Å². The SMILES string of the molecule is Cc1[nH]nc2c1[C@@H](c1ccc(N(C)C)c(Br)c1)C1=C(COC1=O)N2. The van der Waals surface area contributed by atoms with E-state index in [2.05, 4.69) is 49.6 Å². The minimum Gasteiger partial charge on any atom is -0.456 e. The van der Waals surface area contributed by atoms with Gasteiger partial charge in [-0.25, -0.2) is 4.79 Å². The quantitative estimate of drug-likeness (QED) is 0.773. The number of hydrogen-bond acceptors (Lipinski definition) is 5. The number of aryl methyl sites for hydroxylation is 1. The number of anilines is 2. The molecule has 7 heteroatoms. The maximum atomic E-state index is 12.3. The number of ether oxygens (including phenoxy) is 1. The van der Waals surface area contributed by atoms with Crippen LogP contribution in [0.5, 0.6) is 0 Å². The van der Waals surface area contributed by atoms with E-state index in [0.717, 1.165) is 38.5 Å². The molecule has 1 aromatic carbocycles. The van der Waals surface area contributed by atoms with Crippen molar-refractivity contribution in [1.82, 2.24) is 10.2 Å². The number of hydrogen-bond donors (Lipinski definition) is 2. The van der Waals surface area contributed by atoms with E-state index >= 15 is 0 Å². The molecule has 1 atom stereocenters. The fourth-order valence-corrected chi connectivity index (χ4v) is 4.14. The fraction of sp³-hybridized carbons (Fsp3) is 0.294. The number of esters is 1. The normalized spacial score (nSPS) is 18.8. The Morgan fingerprint density at radius 2 is 2.17 bits per heavy atom. The van der Waals surface area contributed by atoms with Gasteiger partial charge in [-0.3, -0.25) is 5.10 Å². The maximum absolute atomic E-state index is 12.3. The van der Waals surface area contributed by atoms with Crippen LogP contribution in [0, 0.1) is 6.92 Å². The molecule has 0 fully saturated rings. The summed E-state index contributed by atoms with van der Waals surface area (Å²) < 4.78 is 6.24. The molecule has 2 aromatic rings. The zero-order chi connectivity index (χ0) is 17.0. The molecular formula is C17H17BrN4O2. The third-order valence-electron chi connectivity index (χ3n) is 4.52. The highest BCUT2D eigenvalue weighted by molar-refractivity contribution is 9.10. The highest BCUT2D eigenvalue weighted by Gasteiger charge is 2.40. The molecular weight excluding hydrogens is 372 g/mol. The van der Waals surface area contributed by atoms with E-state index in [1.807, 2.05) is 25.9 Å². The Bertz CT molecular complexity index is 885. The van der Waals surface area contributed by atoms with E-state index in [1.165, 1.54) is 0 Å². The summed E-state index contributed by atoms with van der Waals surface area (Å²) >= 11 is 3.64. The average Bonchev–Trinajstić information content (AvgIpc) is 3.09. The highest BCUT2D eigenvalue weighted by Crippen LogP contribution is 2.45. The molecule has 2 aliphatic rings. The number of nitrogens with one attached hydrogen (secondary N) is 2. The fourth-order valence-electron chi connectivity index (χ4n) is 3.38. The zero-order valence-corrected chi connectivity index (χ0v) is 15.2. The number of cyclic esters (lactones) is 1. The third-order valence-corrected chi connectivity index (χ3v) is 5.16. The molecule has 0 saturated heterocycles. The first-order chi connectivity index (χ1) is 11.5. The maximum Gasteiger partial charge on any atom is 0.337 e. The number of halogens is 1. The van der Waals surface area contributed by atoms with Crippen LogP contribution in [0.3, 0.4) is 0 Å². The first kappa shape index (κ1) is 15.3. The molecule has 0 bridgehead atoms.